The molecule has 0 aliphatic rings. The third-order valence-corrected chi connectivity index (χ3v) is 2.50. The summed E-state index contributed by atoms with van der Waals surface area (Å²) < 4.78 is 26.0. The summed E-state index contributed by atoms with van der Waals surface area (Å²) in [5, 5.41) is 8.90. The highest BCUT2D eigenvalue weighted by atomic mass is 35.5. The lowest BCUT2D eigenvalue weighted by atomic mass is 10.1. The molecule has 4 heteroatoms. The Kier molecular flexibility index (Phi) is 4.45. The van der Waals surface area contributed by atoms with Gasteiger partial charge in [0.1, 0.15) is 11.6 Å². The molecule has 0 aromatic heterocycles. The minimum Gasteiger partial charge on any atom is -0.207 e. The largest absolute Gasteiger partial charge is 0.207 e. The van der Waals surface area contributed by atoms with Crippen LogP contribution in [0.1, 0.15) is 25.3 Å². The van der Waals surface area contributed by atoms with Gasteiger partial charge in [0, 0.05) is 17.2 Å². The van der Waals surface area contributed by atoms with Crippen molar-refractivity contribution in [1.82, 2.24) is 0 Å². The second-order valence-electron chi connectivity index (χ2n) is 3.28. The lowest BCUT2D eigenvalue weighted by molar-refractivity contribution is 0.581. The van der Waals surface area contributed by atoms with Crippen LogP contribution in [0.25, 0.3) is 5.03 Å². The topological polar surface area (TPSA) is 23.8 Å². The van der Waals surface area contributed by atoms with E-state index in [1.54, 1.807) is 0 Å². The van der Waals surface area contributed by atoms with Crippen molar-refractivity contribution in [3.05, 3.63) is 41.0 Å². The molecule has 0 amide bonds. The Morgan fingerprint density at radius 2 is 2.12 bits per heavy atom. The molecule has 1 aromatic rings. The summed E-state index contributed by atoms with van der Waals surface area (Å²) in [5.41, 5.74) is 0.378. The molecule has 84 valence electrons. The van der Waals surface area contributed by atoms with Gasteiger partial charge in [-0.3, -0.25) is 0 Å². The molecular formula is C12H10ClF2N. The molecule has 0 N–H and O–H groups in total. The van der Waals surface area contributed by atoms with Crippen LogP contribution in [0.4, 0.5) is 8.78 Å². The molecule has 0 atom stereocenters. The smallest absolute Gasteiger partial charge is 0.134 e. The number of rotatable bonds is 3. The SMILES string of the molecule is CCCC(C#N)=C(Cl)c1ccc(F)cc1F. The molecule has 0 spiro atoms. The molecule has 0 bridgehead atoms. The van der Waals surface area contributed by atoms with Crippen molar-refractivity contribution in [2.75, 3.05) is 0 Å². The number of nitriles is 1. The summed E-state index contributed by atoms with van der Waals surface area (Å²) in [5.74, 6) is -1.42. The maximum Gasteiger partial charge on any atom is 0.134 e. The maximum atomic E-state index is 13.4. The van der Waals surface area contributed by atoms with Crippen LogP contribution < -0.4 is 0 Å². The average molecular weight is 242 g/mol. The number of benzene rings is 1. The third-order valence-electron chi connectivity index (χ3n) is 2.07. The quantitative estimate of drug-likeness (QED) is 0.726. The van der Waals surface area contributed by atoms with Crippen LogP contribution in [0.15, 0.2) is 23.8 Å². The molecule has 0 radical (unpaired) electrons. The second-order valence-corrected chi connectivity index (χ2v) is 3.66. The predicted molar refractivity (Wildman–Crippen MR) is 59.7 cm³/mol. The van der Waals surface area contributed by atoms with Gasteiger partial charge < -0.3 is 0 Å². The zero-order valence-corrected chi connectivity index (χ0v) is 9.48. The number of nitrogens with zero attached hydrogens (tertiary/aromatic N) is 1. The van der Waals surface area contributed by atoms with E-state index < -0.39 is 11.6 Å². The third kappa shape index (κ3) is 2.80. The van der Waals surface area contributed by atoms with E-state index in [-0.39, 0.29) is 10.6 Å². The van der Waals surface area contributed by atoms with E-state index in [0.717, 1.165) is 18.6 Å². The summed E-state index contributed by atoms with van der Waals surface area (Å²) in [4.78, 5) is 0. The summed E-state index contributed by atoms with van der Waals surface area (Å²) in [6.45, 7) is 1.89. The maximum absolute atomic E-state index is 13.4. The predicted octanol–water partition coefficient (Wildman–Crippen LogP) is 4.24. The number of hydrogen-bond donors (Lipinski definition) is 0. The summed E-state index contributed by atoms with van der Waals surface area (Å²) in [7, 11) is 0. The van der Waals surface area contributed by atoms with E-state index in [9.17, 15) is 8.78 Å². The molecule has 1 rings (SSSR count). The van der Waals surface area contributed by atoms with Crippen molar-refractivity contribution in [1.29, 1.82) is 5.26 Å². The molecule has 1 nitrogen and oxygen atoms in total. The average Bonchev–Trinajstić information content (AvgIpc) is 2.25. The van der Waals surface area contributed by atoms with Crippen molar-refractivity contribution >= 4 is 16.6 Å². The molecule has 0 saturated carbocycles. The molecular weight excluding hydrogens is 232 g/mol. The van der Waals surface area contributed by atoms with E-state index >= 15 is 0 Å². The molecule has 0 unspecified atom stereocenters. The Labute approximate surface area is 98.0 Å². The molecule has 16 heavy (non-hydrogen) atoms. The van der Waals surface area contributed by atoms with Crippen molar-refractivity contribution in [2.45, 2.75) is 19.8 Å². The van der Waals surface area contributed by atoms with Crippen LogP contribution >= 0.6 is 11.6 Å². The van der Waals surface area contributed by atoms with Gasteiger partial charge in [0.25, 0.3) is 0 Å². The minimum atomic E-state index is -0.756. The highest BCUT2D eigenvalue weighted by Crippen LogP contribution is 2.27. The number of halogens is 3. The lowest BCUT2D eigenvalue weighted by Gasteiger charge is -2.04. The monoisotopic (exact) mass is 241 g/mol. The highest BCUT2D eigenvalue weighted by molar-refractivity contribution is 6.49. The first kappa shape index (κ1) is 12.7. The van der Waals surface area contributed by atoms with Crippen LogP contribution in [0.5, 0.6) is 0 Å². The van der Waals surface area contributed by atoms with Gasteiger partial charge in [-0.05, 0) is 18.6 Å². The van der Waals surface area contributed by atoms with E-state index in [1.807, 2.05) is 13.0 Å². The van der Waals surface area contributed by atoms with Crippen molar-refractivity contribution in [3.8, 4) is 6.07 Å². The van der Waals surface area contributed by atoms with Crippen LogP contribution in [0, 0.1) is 23.0 Å². The lowest BCUT2D eigenvalue weighted by Crippen LogP contribution is -1.91. The Hall–Kier alpha value is -1.40. The number of hydrogen-bond acceptors (Lipinski definition) is 1. The molecule has 1 aromatic carbocycles. The van der Waals surface area contributed by atoms with Crippen molar-refractivity contribution < 1.29 is 8.78 Å². The van der Waals surface area contributed by atoms with Crippen LogP contribution in [0.3, 0.4) is 0 Å². The molecule has 0 fully saturated rings. The Balaban J connectivity index is 3.22. The van der Waals surface area contributed by atoms with Gasteiger partial charge in [-0.2, -0.15) is 5.26 Å². The van der Waals surface area contributed by atoms with Gasteiger partial charge in [0.15, 0.2) is 0 Å². The Morgan fingerprint density at radius 1 is 1.44 bits per heavy atom. The van der Waals surface area contributed by atoms with Crippen LogP contribution in [0.2, 0.25) is 0 Å². The first-order chi connectivity index (χ1) is 7.60. The second kappa shape index (κ2) is 5.62. The van der Waals surface area contributed by atoms with Gasteiger partial charge in [-0.1, -0.05) is 24.9 Å². The Bertz CT molecular complexity index is 461. The molecule has 0 aliphatic heterocycles. The fourth-order valence-corrected chi connectivity index (χ4v) is 1.58. The summed E-state index contributed by atoms with van der Waals surface area (Å²) in [6.07, 6.45) is 1.22. The Morgan fingerprint density at radius 3 is 2.62 bits per heavy atom. The minimum absolute atomic E-state index is 0.0573. The van der Waals surface area contributed by atoms with Gasteiger partial charge in [-0.25, -0.2) is 8.78 Å². The van der Waals surface area contributed by atoms with E-state index in [2.05, 4.69) is 0 Å². The van der Waals surface area contributed by atoms with Gasteiger partial charge in [0.2, 0.25) is 0 Å². The van der Waals surface area contributed by atoms with E-state index in [0.29, 0.717) is 12.0 Å². The summed E-state index contributed by atoms with van der Waals surface area (Å²) >= 11 is 5.90. The van der Waals surface area contributed by atoms with Gasteiger partial charge >= 0.3 is 0 Å². The fraction of sp³-hybridized carbons (Fsp3) is 0.250. The highest BCUT2D eigenvalue weighted by Gasteiger charge is 2.11. The first-order valence-corrected chi connectivity index (χ1v) is 5.22. The standard InChI is InChI=1S/C12H10ClF2N/c1-2-3-8(7-16)12(13)10-5-4-9(14)6-11(10)15/h4-6H,2-3H2,1H3. The summed E-state index contributed by atoms with van der Waals surface area (Å²) in [6, 6.07) is 5.03. The molecule has 0 saturated heterocycles. The zero-order valence-electron chi connectivity index (χ0n) is 8.73. The number of allylic oxidation sites excluding steroid dienone is 1. The molecule has 0 heterocycles. The fourth-order valence-electron chi connectivity index (χ4n) is 1.29. The van der Waals surface area contributed by atoms with Crippen LogP contribution in [-0.4, -0.2) is 0 Å². The first-order valence-electron chi connectivity index (χ1n) is 4.84. The van der Waals surface area contributed by atoms with E-state index in [1.165, 1.54) is 6.07 Å². The van der Waals surface area contributed by atoms with Crippen molar-refractivity contribution in [3.63, 3.8) is 0 Å². The zero-order chi connectivity index (χ0) is 12.1. The van der Waals surface area contributed by atoms with E-state index in [4.69, 9.17) is 16.9 Å². The molecule has 0 aliphatic carbocycles. The van der Waals surface area contributed by atoms with Crippen LogP contribution in [-0.2, 0) is 0 Å². The van der Waals surface area contributed by atoms with Gasteiger partial charge in [0.05, 0.1) is 11.1 Å². The normalized spacial score (nSPS) is 11.9. The van der Waals surface area contributed by atoms with Gasteiger partial charge in [-0.15, -0.1) is 0 Å². The van der Waals surface area contributed by atoms with Crippen molar-refractivity contribution in [2.24, 2.45) is 0 Å².